The summed E-state index contributed by atoms with van der Waals surface area (Å²) in [5, 5.41) is 9.27. The highest BCUT2D eigenvalue weighted by Crippen LogP contribution is 2.12. The van der Waals surface area contributed by atoms with Crippen molar-refractivity contribution < 1.29 is 18.3 Å². The van der Waals surface area contributed by atoms with Gasteiger partial charge in [-0.3, -0.25) is 5.11 Å². The van der Waals surface area contributed by atoms with Gasteiger partial charge < -0.3 is 0 Å². The van der Waals surface area contributed by atoms with Gasteiger partial charge in [0.05, 0.1) is 0 Å². The number of hydrogen-bond acceptors (Lipinski definition) is 0. The summed E-state index contributed by atoms with van der Waals surface area (Å²) in [6, 6.07) is -2.33. The third-order valence-electron chi connectivity index (χ3n) is 0.537. The smallest absolute Gasteiger partial charge is 0.253 e. The van der Waals surface area contributed by atoms with Gasteiger partial charge >= 0.3 is 6.01 Å². The van der Waals surface area contributed by atoms with Gasteiger partial charge in [0.1, 0.15) is 0 Å². The second-order valence-corrected chi connectivity index (χ2v) is 1.24. The van der Waals surface area contributed by atoms with Crippen LogP contribution in [0.2, 0.25) is 0 Å². The molecule has 1 unspecified atom stereocenters. The summed E-state index contributed by atoms with van der Waals surface area (Å²) in [7, 11) is 0. The molecule has 0 aromatic heterocycles. The van der Waals surface area contributed by atoms with Crippen molar-refractivity contribution in [2.45, 2.75) is 13.1 Å². The maximum absolute atomic E-state index is 11.5. The predicted molar refractivity (Wildman–Crippen MR) is 20.5 cm³/mol. The molecule has 1 radical (unpaired) electrons. The van der Waals surface area contributed by atoms with Gasteiger partial charge in [0.2, 0.25) is 5.83 Å². The Bertz CT molecular complexity index is 104. The zero-order valence-electron chi connectivity index (χ0n) is 4.12. The lowest BCUT2D eigenvalue weighted by Gasteiger charge is -1.91. The molecule has 0 aliphatic rings. The largest absolute Gasteiger partial charge is 0.359 e. The summed E-state index contributed by atoms with van der Waals surface area (Å²) in [5.74, 6) is -1.87. The van der Waals surface area contributed by atoms with E-state index >= 15 is 0 Å². The molecule has 0 spiro atoms. The van der Waals surface area contributed by atoms with Crippen molar-refractivity contribution in [3.05, 3.63) is 11.8 Å². The summed E-state index contributed by atoms with van der Waals surface area (Å²) in [6.45, 7) is 0.743. The van der Waals surface area contributed by atoms with E-state index in [1.54, 1.807) is 0 Å². The fourth-order valence-corrected chi connectivity index (χ4v) is 0.156. The second-order valence-electron chi connectivity index (χ2n) is 1.24. The minimum absolute atomic E-state index is 0.743. The van der Waals surface area contributed by atoms with Crippen LogP contribution in [0.5, 0.6) is 0 Å². The average molecular weight is 125 g/mol. The monoisotopic (exact) mass is 125 g/mol. The van der Waals surface area contributed by atoms with Gasteiger partial charge in [-0.1, -0.05) is 0 Å². The Morgan fingerprint density at radius 1 is 1.50 bits per heavy atom. The zero-order valence-corrected chi connectivity index (χ0v) is 4.12. The lowest BCUT2D eigenvalue weighted by molar-refractivity contribution is 0.166. The molecular formula is C4H4F3O. The van der Waals surface area contributed by atoms with Gasteiger partial charge in [-0.2, -0.15) is 4.39 Å². The molecule has 0 N–H and O–H groups in total. The molecule has 47 valence electrons. The van der Waals surface area contributed by atoms with Crippen LogP contribution < -0.4 is 0 Å². The summed E-state index contributed by atoms with van der Waals surface area (Å²) >= 11 is 0. The molecule has 4 heteroatoms. The van der Waals surface area contributed by atoms with E-state index in [1.165, 1.54) is 0 Å². The third-order valence-corrected chi connectivity index (χ3v) is 0.537. The molecule has 0 saturated carbocycles. The Kier molecular flexibility index (Phi) is 2.37. The van der Waals surface area contributed by atoms with Crippen LogP contribution in [-0.4, -0.2) is 6.17 Å². The van der Waals surface area contributed by atoms with Gasteiger partial charge in [-0.25, -0.2) is 8.78 Å². The first-order valence-corrected chi connectivity index (χ1v) is 1.92. The fourth-order valence-electron chi connectivity index (χ4n) is 0.156. The maximum atomic E-state index is 11.5. The van der Waals surface area contributed by atoms with Crippen LogP contribution in [0.3, 0.4) is 0 Å². The quantitative estimate of drug-likeness (QED) is 0.477. The molecule has 0 saturated heterocycles. The average Bonchev–Trinajstić information content (AvgIpc) is 1.64. The zero-order chi connectivity index (χ0) is 6.73. The molecule has 1 nitrogen and oxygen atoms in total. The number of allylic oxidation sites excluding steroid dienone is 1. The summed E-state index contributed by atoms with van der Waals surface area (Å²) < 4.78 is 34.0. The van der Waals surface area contributed by atoms with Gasteiger partial charge in [0.15, 0.2) is 6.17 Å². The predicted octanol–water partition coefficient (Wildman–Crippen LogP) is 1.88. The first-order valence-electron chi connectivity index (χ1n) is 1.92. The lowest BCUT2D eigenvalue weighted by atomic mass is 10.4. The summed E-state index contributed by atoms with van der Waals surface area (Å²) in [6.07, 6.45) is -2.13. The highest BCUT2D eigenvalue weighted by molar-refractivity contribution is 4.95. The van der Waals surface area contributed by atoms with Crippen molar-refractivity contribution in [3.63, 3.8) is 0 Å². The van der Waals surface area contributed by atoms with Crippen LogP contribution in [-0.2, 0) is 5.11 Å². The van der Waals surface area contributed by atoms with Crippen LogP contribution in [0.4, 0.5) is 13.2 Å². The molecule has 0 aliphatic carbocycles. The molecule has 0 amide bonds. The Morgan fingerprint density at radius 2 is 1.88 bits per heavy atom. The number of alkyl halides is 1. The summed E-state index contributed by atoms with van der Waals surface area (Å²) in [4.78, 5) is 0. The minimum Gasteiger partial charge on any atom is -0.253 e. The first-order chi connectivity index (χ1) is 3.55. The standard InChI is InChI=1S/C4H4F3O/c1-2(5)3(6)4(7)8/h2H,1H3/b4-3-. The summed E-state index contributed by atoms with van der Waals surface area (Å²) in [5.41, 5.74) is 0. The van der Waals surface area contributed by atoms with E-state index in [9.17, 15) is 18.3 Å². The van der Waals surface area contributed by atoms with Crippen LogP contribution in [0.1, 0.15) is 6.92 Å². The van der Waals surface area contributed by atoms with Crippen LogP contribution in [0.15, 0.2) is 11.8 Å². The minimum atomic E-state index is -2.33. The van der Waals surface area contributed by atoms with Crippen molar-refractivity contribution in [2.24, 2.45) is 0 Å². The van der Waals surface area contributed by atoms with Crippen molar-refractivity contribution in [1.82, 2.24) is 0 Å². The Hall–Kier alpha value is -0.670. The van der Waals surface area contributed by atoms with E-state index < -0.39 is 18.0 Å². The SMILES string of the molecule is CC(F)/C(F)=C(/[O])F. The van der Waals surface area contributed by atoms with E-state index in [0.29, 0.717) is 0 Å². The van der Waals surface area contributed by atoms with E-state index in [2.05, 4.69) is 0 Å². The molecule has 0 rings (SSSR count). The van der Waals surface area contributed by atoms with Gasteiger partial charge in [-0.05, 0) is 6.92 Å². The van der Waals surface area contributed by atoms with Crippen molar-refractivity contribution in [3.8, 4) is 0 Å². The Balaban J connectivity index is 4.00. The number of rotatable bonds is 1. The first kappa shape index (κ1) is 7.33. The van der Waals surface area contributed by atoms with Crippen molar-refractivity contribution in [2.75, 3.05) is 0 Å². The third kappa shape index (κ3) is 1.86. The molecule has 0 heterocycles. The molecule has 0 aliphatic heterocycles. The Morgan fingerprint density at radius 3 is 1.88 bits per heavy atom. The van der Waals surface area contributed by atoms with Crippen LogP contribution in [0.25, 0.3) is 0 Å². The fraction of sp³-hybridized carbons (Fsp3) is 0.500. The van der Waals surface area contributed by atoms with E-state index in [4.69, 9.17) is 0 Å². The van der Waals surface area contributed by atoms with Gasteiger partial charge in [0.25, 0.3) is 0 Å². The van der Waals surface area contributed by atoms with Crippen molar-refractivity contribution in [1.29, 1.82) is 0 Å². The van der Waals surface area contributed by atoms with Gasteiger partial charge in [0, 0.05) is 0 Å². The van der Waals surface area contributed by atoms with Crippen LogP contribution in [0, 0.1) is 0 Å². The van der Waals surface area contributed by atoms with E-state index in [1.807, 2.05) is 0 Å². The Labute approximate surface area is 44.4 Å². The molecule has 1 atom stereocenters. The molecule has 0 fully saturated rings. The topological polar surface area (TPSA) is 19.9 Å². The van der Waals surface area contributed by atoms with Crippen LogP contribution >= 0.6 is 0 Å². The number of halogens is 3. The molecule has 8 heavy (non-hydrogen) atoms. The maximum Gasteiger partial charge on any atom is 0.359 e. The molecule has 0 aromatic carbocycles. The molecular weight excluding hydrogens is 121 g/mol. The van der Waals surface area contributed by atoms with Gasteiger partial charge in [-0.15, -0.1) is 0 Å². The van der Waals surface area contributed by atoms with E-state index in [0.717, 1.165) is 6.92 Å². The lowest BCUT2D eigenvalue weighted by Crippen LogP contribution is -1.93. The highest BCUT2D eigenvalue weighted by atomic mass is 19.2. The van der Waals surface area contributed by atoms with Crippen molar-refractivity contribution >= 4 is 0 Å². The van der Waals surface area contributed by atoms with E-state index in [-0.39, 0.29) is 0 Å². The normalized spacial score (nSPS) is 17.5. The number of hydrogen-bond donors (Lipinski definition) is 0. The second kappa shape index (κ2) is 2.59. The molecule has 0 aromatic rings. The molecule has 0 bridgehead atoms. The highest BCUT2D eigenvalue weighted by Gasteiger charge is 2.13.